The number of nitrogens with one attached hydrogen (secondary N) is 1. The van der Waals surface area contributed by atoms with Gasteiger partial charge in [0.2, 0.25) is 0 Å². The van der Waals surface area contributed by atoms with Crippen molar-refractivity contribution in [3.63, 3.8) is 0 Å². The first-order valence-corrected chi connectivity index (χ1v) is 8.63. The maximum Gasteiger partial charge on any atom is 0.251 e. The van der Waals surface area contributed by atoms with E-state index < -0.39 is 0 Å². The van der Waals surface area contributed by atoms with Gasteiger partial charge in [0.05, 0.1) is 6.61 Å². The molecule has 0 unspecified atom stereocenters. The van der Waals surface area contributed by atoms with Crippen LogP contribution in [0.1, 0.15) is 47.8 Å². The molecule has 1 heterocycles. The highest BCUT2D eigenvalue weighted by atomic mass is 35.5. The average Bonchev–Trinajstić information content (AvgIpc) is 2.58. The maximum absolute atomic E-state index is 12.4. The number of halogens is 1. The van der Waals surface area contributed by atoms with E-state index in [1.807, 2.05) is 36.4 Å². The van der Waals surface area contributed by atoms with Gasteiger partial charge in [-0.05, 0) is 35.2 Å². The molecule has 132 valence electrons. The smallest absolute Gasteiger partial charge is 0.251 e. The van der Waals surface area contributed by atoms with Gasteiger partial charge in [0.15, 0.2) is 6.79 Å². The van der Waals surface area contributed by atoms with Gasteiger partial charge in [-0.1, -0.05) is 44.5 Å². The first-order chi connectivity index (χ1) is 11.8. The lowest BCUT2D eigenvalue weighted by Crippen LogP contribution is -2.24. The number of carbonyl (C=O) groups is 1. The highest BCUT2D eigenvalue weighted by molar-refractivity contribution is 6.30. The largest absolute Gasteiger partial charge is 0.467 e. The van der Waals surface area contributed by atoms with E-state index in [0.717, 1.165) is 16.9 Å². The average molecular weight is 360 g/mol. The van der Waals surface area contributed by atoms with E-state index >= 15 is 0 Å². The summed E-state index contributed by atoms with van der Waals surface area (Å²) in [6.07, 6.45) is 0. The number of benzene rings is 2. The van der Waals surface area contributed by atoms with Gasteiger partial charge in [-0.3, -0.25) is 4.79 Å². The molecule has 5 heteroatoms. The molecule has 0 bridgehead atoms. The Hall–Kier alpha value is -2.04. The summed E-state index contributed by atoms with van der Waals surface area (Å²) in [6, 6.07) is 11.3. The Kier molecular flexibility index (Phi) is 5.02. The first-order valence-electron chi connectivity index (χ1n) is 8.25. The lowest BCUT2D eigenvalue weighted by molar-refractivity contribution is -0.0170. The summed E-state index contributed by atoms with van der Waals surface area (Å²) in [5, 5.41) is 3.54. The van der Waals surface area contributed by atoms with Crippen molar-refractivity contribution in [1.29, 1.82) is 0 Å². The number of ether oxygens (including phenoxy) is 2. The van der Waals surface area contributed by atoms with Crippen molar-refractivity contribution in [2.75, 3.05) is 6.79 Å². The van der Waals surface area contributed by atoms with Gasteiger partial charge in [0.1, 0.15) is 5.75 Å². The second kappa shape index (κ2) is 7.06. The van der Waals surface area contributed by atoms with Crippen molar-refractivity contribution in [3.05, 3.63) is 63.7 Å². The molecule has 0 saturated heterocycles. The minimum Gasteiger partial charge on any atom is -0.467 e. The van der Waals surface area contributed by atoms with Crippen LogP contribution in [-0.2, 0) is 23.3 Å². The molecule has 25 heavy (non-hydrogen) atoms. The molecule has 1 aliphatic rings. The van der Waals surface area contributed by atoms with E-state index in [2.05, 4.69) is 26.1 Å². The van der Waals surface area contributed by atoms with Gasteiger partial charge in [-0.25, -0.2) is 0 Å². The van der Waals surface area contributed by atoms with E-state index in [1.165, 1.54) is 5.56 Å². The van der Waals surface area contributed by atoms with Crippen molar-refractivity contribution in [2.24, 2.45) is 0 Å². The van der Waals surface area contributed by atoms with Gasteiger partial charge < -0.3 is 14.8 Å². The Bertz CT molecular complexity index is 779. The molecule has 2 aromatic carbocycles. The highest BCUT2D eigenvalue weighted by Crippen LogP contribution is 2.31. The number of fused-ring (bicyclic) bond motifs is 1. The Labute approximate surface area is 153 Å². The van der Waals surface area contributed by atoms with Crippen LogP contribution in [0.4, 0.5) is 0 Å². The molecule has 0 saturated carbocycles. The maximum atomic E-state index is 12.4. The quantitative estimate of drug-likeness (QED) is 0.881. The molecule has 1 amide bonds. The van der Waals surface area contributed by atoms with Crippen LogP contribution in [-0.4, -0.2) is 12.7 Å². The fourth-order valence-corrected chi connectivity index (χ4v) is 3.05. The summed E-state index contributed by atoms with van der Waals surface area (Å²) in [6.45, 7) is 7.47. The Morgan fingerprint density at radius 3 is 2.60 bits per heavy atom. The zero-order valence-corrected chi connectivity index (χ0v) is 15.4. The minimum atomic E-state index is -0.124. The van der Waals surface area contributed by atoms with Gasteiger partial charge in [0.25, 0.3) is 5.91 Å². The molecule has 0 fully saturated rings. The zero-order chi connectivity index (χ0) is 18.0. The van der Waals surface area contributed by atoms with E-state index in [1.54, 1.807) is 0 Å². The lowest BCUT2D eigenvalue weighted by Gasteiger charge is -2.21. The third-order valence-electron chi connectivity index (χ3n) is 4.20. The van der Waals surface area contributed by atoms with Crippen LogP contribution in [0.5, 0.6) is 5.75 Å². The molecule has 2 aromatic rings. The predicted octanol–water partition coefficient (Wildman–Crippen LogP) is 4.43. The summed E-state index contributed by atoms with van der Waals surface area (Å²) < 4.78 is 10.8. The second-order valence-electron chi connectivity index (χ2n) is 7.17. The van der Waals surface area contributed by atoms with Crippen molar-refractivity contribution in [1.82, 2.24) is 5.32 Å². The number of rotatable bonds is 3. The standard InChI is InChI=1S/C20H22ClNO3/c1-20(2,3)16-6-4-13(5-7-16)19(23)22-10-14-8-17(21)9-15-11-24-12-25-18(14)15/h4-9H,10-12H2,1-3H3,(H,22,23). The van der Waals surface area contributed by atoms with Gasteiger partial charge in [0, 0.05) is 28.3 Å². The molecule has 0 aromatic heterocycles. The monoisotopic (exact) mass is 359 g/mol. The molecule has 4 nitrogen and oxygen atoms in total. The Balaban J connectivity index is 1.72. The van der Waals surface area contributed by atoms with Crippen LogP contribution < -0.4 is 10.1 Å². The molecular formula is C20H22ClNO3. The molecule has 0 spiro atoms. The third-order valence-corrected chi connectivity index (χ3v) is 4.42. The van der Waals surface area contributed by atoms with E-state index in [9.17, 15) is 4.79 Å². The van der Waals surface area contributed by atoms with Crippen molar-refractivity contribution in [3.8, 4) is 5.75 Å². The molecule has 0 radical (unpaired) electrons. The predicted molar refractivity (Wildman–Crippen MR) is 98.0 cm³/mol. The third kappa shape index (κ3) is 4.14. The molecule has 1 aliphatic heterocycles. The van der Waals surface area contributed by atoms with Crippen molar-refractivity contribution < 1.29 is 14.3 Å². The summed E-state index contributed by atoms with van der Waals surface area (Å²) in [5.41, 5.74) is 3.64. The molecule has 3 rings (SSSR count). The van der Waals surface area contributed by atoms with Crippen molar-refractivity contribution >= 4 is 17.5 Å². The number of carbonyl (C=O) groups excluding carboxylic acids is 1. The summed E-state index contributed by atoms with van der Waals surface area (Å²) in [5.74, 6) is 0.625. The second-order valence-corrected chi connectivity index (χ2v) is 7.61. The molecule has 0 atom stereocenters. The SMILES string of the molecule is CC(C)(C)c1ccc(C(=O)NCc2cc(Cl)cc3c2OCOC3)cc1. The van der Waals surface area contributed by atoms with Crippen LogP contribution in [0.15, 0.2) is 36.4 Å². The molecule has 0 aliphatic carbocycles. The van der Waals surface area contributed by atoms with Crippen LogP contribution in [0.25, 0.3) is 0 Å². The number of amides is 1. The van der Waals surface area contributed by atoms with Crippen LogP contribution in [0.2, 0.25) is 5.02 Å². The zero-order valence-electron chi connectivity index (χ0n) is 14.7. The fourth-order valence-electron chi connectivity index (χ4n) is 2.79. The van der Waals surface area contributed by atoms with E-state index in [4.69, 9.17) is 21.1 Å². The first kappa shape index (κ1) is 17.8. The number of hydrogen-bond acceptors (Lipinski definition) is 3. The van der Waals surface area contributed by atoms with Gasteiger partial charge in [-0.15, -0.1) is 0 Å². The normalized spacial score (nSPS) is 13.8. The Morgan fingerprint density at radius 1 is 1.20 bits per heavy atom. The van der Waals surface area contributed by atoms with Gasteiger partial charge >= 0.3 is 0 Å². The summed E-state index contributed by atoms with van der Waals surface area (Å²) in [7, 11) is 0. The summed E-state index contributed by atoms with van der Waals surface area (Å²) >= 11 is 6.15. The summed E-state index contributed by atoms with van der Waals surface area (Å²) in [4.78, 5) is 12.4. The van der Waals surface area contributed by atoms with Crippen molar-refractivity contribution in [2.45, 2.75) is 39.3 Å². The fraction of sp³-hybridized carbons (Fsp3) is 0.350. The van der Waals surface area contributed by atoms with Crippen LogP contribution in [0.3, 0.4) is 0 Å². The van der Waals surface area contributed by atoms with Crippen LogP contribution >= 0.6 is 11.6 Å². The topological polar surface area (TPSA) is 47.6 Å². The van der Waals surface area contributed by atoms with Gasteiger partial charge in [-0.2, -0.15) is 0 Å². The van der Waals surface area contributed by atoms with E-state index in [0.29, 0.717) is 23.7 Å². The number of hydrogen-bond donors (Lipinski definition) is 1. The Morgan fingerprint density at radius 2 is 1.92 bits per heavy atom. The minimum absolute atomic E-state index is 0.0638. The lowest BCUT2D eigenvalue weighted by atomic mass is 9.87. The highest BCUT2D eigenvalue weighted by Gasteiger charge is 2.18. The molecular weight excluding hydrogens is 338 g/mol. The van der Waals surface area contributed by atoms with E-state index in [-0.39, 0.29) is 18.1 Å². The molecule has 1 N–H and O–H groups in total. The van der Waals surface area contributed by atoms with Crippen LogP contribution in [0, 0.1) is 0 Å².